The van der Waals surface area contributed by atoms with E-state index < -0.39 is 11.8 Å². The van der Waals surface area contributed by atoms with E-state index in [9.17, 15) is 9.59 Å². The summed E-state index contributed by atoms with van der Waals surface area (Å²) in [6, 6.07) is 18.4. The van der Waals surface area contributed by atoms with Gasteiger partial charge in [-0.05, 0) is 42.5 Å². The van der Waals surface area contributed by atoms with E-state index in [0.29, 0.717) is 22.1 Å². The van der Waals surface area contributed by atoms with Crippen LogP contribution in [0.25, 0.3) is 0 Å². The molecule has 6 nitrogen and oxygen atoms in total. The Bertz CT molecular complexity index is 991. The second kappa shape index (κ2) is 8.33. The lowest BCUT2D eigenvalue weighted by Crippen LogP contribution is -2.18. The smallest absolute Gasteiger partial charge is 0.274 e. The number of amides is 2. The third-order valence-electron chi connectivity index (χ3n) is 3.62. The van der Waals surface area contributed by atoms with E-state index in [4.69, 9.17) is 16.3 Å². The van der Waals surface area contributed by atoms with Gasteiger partial charge in [-0.2, -0.15) is 0 Å². The van der Waals surface area contributed by atoms with Gasteiger partial charge < -0.3 is 15.4 Å². The molecule has 1 aromatic heterocycles. The number of hydrogen-bond donors (Lipinski definition) is 2. The van der Waals surface area contributed by atoms with Gasteiger partial charge in [0.05, 0.1) is 7.11 Å². The van der Waals surface area contributed by atoms with Crippen LogP contribution in [0.5, 0.6) is 5.75 Å². The molecule has 0 fully saturated rings. The average molecular weight is 382 g/mol. The van der Waals surface area contributed by atoms with Crippen LogP contribution in [-0.2, 0) is 0 Å². The van der Waals surface area contributed by atoms with Crippen LogP contribution in [0.2, 0.25) is 5.02 Å². The molecular weight excluding hydrogens is 366 g/mol. The highest BCUT2D eigenvalue weighted by Crippen LogP contribution is 2.18. The Morgan fingerprint density at radius 3 is 2.00 bits per heavy atom. The first kappa shape index (κ1) is 18.4. The number of carbonyl (C=O) groups is 2. The predicted molar refractivity (Wildman–Crippen MR) is 105 cm³/mol. The molecule has 2 N–H and O–H groups in total. The molecule has 0 saturated heterocycles. The van der Waals surface area contributed by atoms with Crippen LogP contribution in [0.3, 0.4) is 0 Å². The summed E-state index contributed by atoms with van der Waals surface area (Å²) in [4.78, 5) is 28.9. The molecule has 27 heavy (non-hydrogen) atoms. The first-order valence-corrected chi connectivity index (χ1v) is 8.42. The molecule has 136 valence electrons. The Morgan fingerprint density at radius 1 is 0.852 bits per heavy atom. The number of anilines is 2. The summed E-state index contributed by atoms with van der Waals surface area (Å²) in [7, 11) is 1.55. The van der Waals surface area contributed by atoms with Crippen LogP contribution in [0.4, 0.5) is 11.4 Å². The van der Waals surface area contributed by atoms with E-state index in [-0.39, 0.29) is 11.4 Å². The van der Waals surface area contributed by atoms with Gasteiger partial charge in [0.2, 0.25) is 0 Å². The molecule has 0 atom stereocenters. The van der Waals surface area contributed by atoms with Gasteiger partial charge in [0.15, 0.2) is 0 Å². The van der Waals surface area contributed by atoms with E-state index >= 15 is 0 Å². The fourth-order valence-corrected chi connectivity index (χ4v) is 2.54. The number of benzene rings is 2. The third kappa shape index (κ3) is 4.83. The van der Waals surface area contributed by atoms with Crippen LogP contribution in [0.15, 0.2) is 66.7 Å². The van der Waals surface area contributed by atoms with Crippen LogP contribution in [-0.4, -0.2) is 23.9 Å². The zero-order valence-corrected chi connectivity index (χ0v) is 15.2. The van der Waals surface area contributed by atoms with Gasteiger partial charge in [0.25, 0.3) is 11.8 Å². The average Bonchev–Trinajstić information content (AvgIpc) is 2.68. The fraction of sp³-hybridized carbons (Fsp3) is 0.0500. The van der Waals surface area contributed by atoms with E-state index in [0.717, 1.165) is 0 Å². The SMILES string of the molecule is COc1cccc(NC(=O)c2cccc(C(=O)Nc3cccc(Cl)c3)n2)c1. The van der Waals surface area contributed by atoms with Gasteiger partial charge >= 0.3 is 0 Å². The lowest BCUT2D eigenvalue weighted by Gasteiger charge is -2.08. The predicted octanol–water partition coefficient (Wildman–Crippen LogP) is 4.25. The van der Waals surface area contributed by atoms with Crippen molar-refractivity contribution in [3.05, 3.63) is 83.1 Å². The first-order valence-electron chi connectivity index (χ1n) is 8.04. The van der Waals surface area contributed by atoms with Crippen LogP contribution in [0, 0.1) is 0 Å². The Kier molecular flexibility index (Phi) is 5.68. The first-order chi connectivity index (χ1) is 13.0. The minimum absolute atomic E-state index is 0.119. The van der Waals surface area contributed by atoms with Crippen LogP contribution < -0.4 is 15.4 Å². The summed E-state index contributed by atoms with van der Waals surface area (Å²) in [6.07, 6.45) is 0. The van der Waals surface area contributed by atoms with Crippen molar-refractivity contribution in [3.63, 3.8) is 0 Å². The highest BCUT2D eigenvalue weighted by atomic mass is 35.5. The van der Waals surface area contributed by atoms with Gasteiger partial charge in [-0.15, -0.1) is 0 Å². The van der Waals surface area contributed by atoms with Crippen molar-refractivity contribution in [2.24, 2.45) is 0 Å². The molecule has 0 aliphatic heterocycles. The number of halogens is 1. The molecule has 7 heteroatoms. The lowest BCUT2D eigenvalue weighted by atomic mass is 10.2. The van der Waals surface area contributed by atoms with Crippen molar-refractivity contribution in [1.82, 2.24) is 4.98 Å². The maximum Gasteiger partial charge on any atom is 0.274 e. The largest absolute Gasteiger partial charge is 0.497 e. The van der Waals surface area contributed by atoms with Gasteiger partial charge in [0.1, 0.15) is 17.1 Å². The van der Waals surface area contributed by atoms with Crippen LogP contribution in [0.1, 0.15) is 21.0 Å². The quantitative estimate of drug-likeness (QED) is 0.692. The standard InChI is InChI=1S/C20H16ClN3O3/c1-27-16-8-3-7-15(12-16)23-20(26)18-10-4-9-17(24-18)19(25)22-14-6-2-5-13(21)11-14/h2-12H,1H3,(H,22,25)(H,23,26). The summed E-state index contributed by atoms with van der Waals surface area (Å²) >= 11 is 5.91. The lowest BCUT2D eigenvalue weighted by molar-refractivity contribution is 0.101. The van der Waals surface area contributed by atoms with Crippen molar-refractivity contribution in [2.75, 3.05) is 17.7 Å². The second-order valence-electron chi connectivity index (χ2n) is 5.56. The number of aromatic nitrogens is 1. The molecular formula is C20H16ClN3O3. The minimum atomic E-state index is -0.437. The molecule has 0 aliphatic carbocycles. The molecule has 0 spiro atoms. The summed E-state index contributed by atoms with van der Waals surface area (Å²) in [6.45, 7) is 0. The molecule has 0 bridgehead atoms. The fourth-order valence-electron chi connectivity index (χ4n) is 2.34. The zero-order chi connectivity index (χ0) is 19.2. The molecule has 0 aliphatic rings. The van der Waals surface area contributed by atoms with Gasteiger partial charge in [0, 0.05) is 22.5 Å². The molecule has 0 radical (unpaired) electrons. The maximum atomic E-state index is 12.4. The molecule has 0 saturated carbocycles. The monoisotopic (exact) mass is 381 g/mol. The minimum Gasteiger partial charge on any atom is -0.497 e. The van der Waals surface area contributed by atoms with Gasteiger partial charge in [-0.25, -0.2) is 4.98 Å². The number of pyridine rings is 1. The van der Waals surface area contributed by atoms with E-state index in [1.807, 2.05) is 0 Å². The molecule has 0 unspecified atom stereocenters. The number of methoxy groups -OCH3 is 1. The topological polar surface area (TPSA) is 80.3 Å². The Balaban J connectivity index is 1.74. The highest BCUT2D eigenvalue weighted by Gasteiger charge is 2.13. The Hall–Kier alpha value is -3.38. The third-order valence-corrected chi connectivity index (χ3v) is 3.86. The van der Waals surface area contributed by atoms with Crippen molar-refractivity contribution < 1.29 is 14.3 Å². The summed E-state index contributed by atoms with van der Waals surface area (Å²) in [5.74, 6) is -0.246. The number of nitrogens with zero attached hydrogens (tertiary/aromatic N) is 1. The highest BCUT2D eigenvalue weighted by molar-refractivity contribution is 6.31. The van der Waals surface area contributed by atoms with Crippen molar-refractivity contribution in [3.8, 4) is 5.75 Å². The maximum absolute atomic E-state index is 12.4. The molecule has 1 heterocycles. The molecule has 2 amide bonds. The molecule has 2 aromatic carbocycles. The summed E-state index contributed by atoms with van der Waals surface area (Å²) < 4.78 is 5.13. The normalized spacial score (nSPS) is 10.1. The zero-order valence-electron chi connectivity index (χ0n) is 14.4. The number of rotatable bonds is 5. The number of nitrogens with one attached hydrogen (secondary N) is 2. The number of ether oxygens (including phenoxy) is 1. The Morgan fingerprint density at radius 2 is 1.41 bits per heavy atom. The summed E-state index contributed by atoms with van der Waals surface area (Å²) in [5, 5.41) is 5.93. The van der Waals surface area contributed by atoms with Gasteiger partial charge in [-0.1, -0.05) is 29.8 Å². The summed E-state index contributed by atoms with van der Waals surface area (Å²) in [5.41, 5.74) is 1.35. The van der Waals surface area contributed by atoms with E-state index in [1.165, 1.54) is 12.1 Å². The van der Waals surface area contributed by atoms with E-state index in [1.54, 1.807) is 61.7 Å². The number of hydrogen-bond acceptors (Lipinski definition) is 4. The Labute approximate surface area is 161 Å². The van der Waals surface area contributed by atoms with Crippen molar-refractivity contribution in [2.45, 2.75) is 0 Å². The van der Waals surface area contributed by atoms with E-state index in [2.05, 4.69) is 15.6 Å². The molecule has 3 rings (SSSR count). The van der Waals surface area contributed by atoms with Crippen molar-refractivity contribution in [1.29, 1.82) is 0 Å². The molecule has 3 aromatic rings. The van der Waals surface area contributed by atoms with Gasteiger partial charge in [-0.3, -0.25) is 9.59 Å². The van der Waals surface area contributed by atoms with Crippen LogP contribution >= 0.6 is 11.6 Å². The number of carbonyl (C=O) groups excluding carboxylic acids is 2. The van der Waals surface area contributed by atoms with Crippen molar-refractivity contribution >= 4 is 34.8 Å². The second-order valence-corrected chi connectivity index (χ2v) is 6.00.